The summed E-state index contributed by atoms with van der Waals surface area (Å²) in [7, 11) is 0. The van der Waals surface area contributed by atoms with Crippen molar-refractivity contribution in [3.05, 3.63) is 25.3 Å². The molecule has 0 aliphatic heterocycles. The summed E-state index contributed by atoms with van der Waals surface area (Å²) >= 11 is 0. The van der Waals surface area contributed by atoms with Crippen LogP contribution in [0.15, 0.2) is 25.3 Å². The molecule has 0 aromatic rings. The molecule has 0 heterocycles. The Morgan fingerprint density at radius 3 is 1.82 bits per heavy atom. The Morgan fingerprint density at radius 1 is 0.882 bits per heavy atom. The summed E-state index contributed by atoms with van der Waals surface area (Å²) in [6.07, 6.45) is 2.76. The van der Waals surface area contributed by atoms with Crippen LogP contribution in [-0.2, 0) is 14.2 Å². The molecule has 2 N–H and O–H groups in total. The second-order valence-corrected chi connectivity index (χ2v) is 3.40. The Labute approximate surface area is 102 Å². The normalized spacial score (nSPS) is 11.4. The van der Waals surface area contributed by atoms with Crippen molar-refractivity contribution in [1.82, 2.24) is 0 Å². The standard InChI is InChI=1S/C12H22O5/c1-3-12(14,4-2)11-17-10-9-16-8-7-15-6-5-13/h3-4,13-14H,1-2,5-11H2. The van der Waals surface area contributed by atoms with Crippen molar-refractivity contribution in [1.29, 1.82) is 0 Å². The zero-order valence-corrected chi connectivity index (χ0v) is 10.1. The van der Waals surface area contributed by atoms with Crippen LogP contribution < -0.4 is 0 Å². The van der Waals surface area contributed by atoms with Gasteiger partial charge in [-0.3, -0.25) is 0 Å². The summed E-state index contributed by atoms with van der Waals surface area (Å²) in [6.45, 7) is 9.15. The lowest BCUT2D eigenvalue weighted by molar-refractivity contribution is -0.0212. The van der Waals surface area contributed by atoms with Crippen LogP contribution in [-0.4, -0.2) is 62.1 Å². The number of ether oxygens (including phenoxy) is 3. The van der Waals surface area contributed by atoms with E-state index >= 15 is 0 Å². The maximum absolute atomic E-state index is 9.68. The van der Waals surface area contributed by atoms with E-state index in [1.54, 1.807) is 0 Å². The van der Waals surface area contributed by atoms with Crippen molar-refractivity contribution < 1.29 is 24.4 Å². The fourth-order valence-electron chi connectivity index (χ4n) is 0.941. The maximum Gasteiger partial charge on any atom is 0.124 e. The SMILES string of the molecule is C=CC(O)(C=C)COCCOCCOCCO. The van der Waals surface area contributed by atoms with Gasteiger partial charge in [-0.05, 0) is 0 Å². The van der Waals surface area contributed by atoms with Gasteiger partial charge in [0, 0.05) is 0 Å². The van der Waals surface area contributed by atoms with Crippen LogP contribution >= 0.6 is 0 Å². The van der Waals surface area contributed by atoms with Crippen molar-refractivity contribution in [2.24, 2.45) is 0 Å². The third-order valence-electron chi connectivity index (χ3n) is 2.02. The first-order chi connectivity index (χ1) is 8.18. The topological polar surface area (TPSA) is 68.2 Å². The quantitative estimate of drug-likeness (QED) is 0.378. The van der Waals surface area contributed by atoms with Crippen LogP contribution in [0.5, 0.6) is 0 Å². The van der Waals surface area contributed by atoms with Crippen LogP contribution in [0, 0.1) is 0 Å². The average Bonchev–Trinajstić information content (AvgIpc) is 2.36. The smallest absolute Gasteiger partial charge is 0.124 e. The largest absolute Gasteiger partial charge is 0.394 e. The Kier molecular flexibility index (Phi) is 9.99. The van der Waals surface area contributed by atoms with Crippen LogP contribution in [0.25, 0.3) is 0 Å². The lowest BCUT2D eigenvalue weighted by Gasteiger charge is -2.19. The Morgan fingerprint density at radius 2 is 1.35 bits per heavy atom. The van der Waals surface area contributed by atoms with Crippen molar-refractivity contribution in [2.75, 3.05) is 46.2 Å². The van der Waals surface area contributed by atoms with Crippen LogP contribution in [0.4, 0.5) is 0 Å². The second kappa shape index (κ2) is 10.4. The number of aliphatic hydroxyl groups is 2. The minimum Gasteiger partial charge on any atom is -0.394 e. The van der Waals surface area contributed by atoms with Crippen molar-refractivity contribution >= 4 is 0 Å². The van der Waals surface area contributed by atoms with Gasteiger partial charge in [-0.1, -0.05) is 25.3 Å². The molecule has 0 radical (unpaired) electrons. The molecular weight excluding hydrogens is 224 g/mol. The number of hydrogen-bond acceptors (Lipinski definition) is 5. The van der Waals surface area contributed by atoms with E-state index in [9.17, 15) is 5.11 Å². The first-order valence-electron chi connectivity index (χ1n) is 5.52. The van der Waals surface area contributed by atoms with Gasteiger partial charge in [0.15, 0.2) is 0 Å². The van der Waals surface area contributed by atoms with Gasteiger partial charge in [-0.25, -0.2) is 0 Å². The van der Waals surface area contributed by atoms with Crippen molar-refractivity contribution in [3.63, 3.8) is 0 Å². The van der Waals surface area contributed by atoms with Gasteiger partial charge in [0.05, 0.1) is 46.2 Å². The predicted molar refractivity (Wildman–Crippen MR) is 64.9 cm³/mol. The molecule has 5 heteroatoms. The van der Waals surface area contributed by atoms with E-state index in [0.29, 0.717) is 33.0 Å². The highest BCUT2D eigenvalue weighted by Gasteiger charge is 2.17. The summed E-state index contributed by atoms with van der Waals surface area (Å²) in [5.41, 5.74) is -1.18. The third kappa shape index (κ3) is 9.02. The fraction of sp³-hybridized carbons (Fsp3) is 0.667. The Hall–Kier alpha value is -0.720. The molecule has 0 aromatic carbocycles. The van der Waals surface area contributed by atoms with Gasteiger partial charge in [-0.2, -0.15) is 0 Å². The Balaban J connectivity index is 3.29. The molecule has 0 saturated carbocycles. The highest BCUT2D eigenvalue weighted by atomic mass is 16.5. The first kappa shape index (κ1) is 16.3. The molecule has 0 fully saturated rings. The third-order valence-corrected chi connectivity index (χ3v) is 2.02. The summed E-state index contributed by atoms with van der Waals surface area (Å²) in [5.74, 6) is 0. The van der Waals surface area contributed by atoms with Gasteiger partial charge in [-0.15, -0.1) is 0 Å². The summed E-state index contributed by atoms with van der Waals surface area (Å²) in [5, 5.41) is 18.1. The first-order valence-corrected chi connectivity index (χ1v) is 5.52. The van der Waals surface area contributed by atoms with Crippen LogP contribution in [0.3, 0.4) is 0 Å². The molecule has 0 atom stereocenters. The molecule has 0 unspecified atom stereocenters. The Bertz CT molecular complexity index is 197. The van der Waals surface area contributed by atoms with E-state index < -0.39 is 5.60 Å². The number of hydrogen-bond donors (Lipinski definition) is 2. The molecule has 100 valence electrons. The predicted octanol–water partition coefficient (Wildman–Crippen LogP) is 0.132. The molecule has 0 spiro atoms. The van der Waals surface area contributed by atoms with Gasteiger partial charge >= 0.3 is 0 Å². The van der Waals surface area contributed by atoms with E-state index in [2.05, 4.69) is 13.2 Å². The number of aliphatic hydroxyl groups excluding tert-OH is 1. The van der Waals surface area contributed by atoms with E-state index in [4.69, 9.17) is 19.3 Å². The van der Waals surface area contributed by atoms with E-state index in [1.165, 1.54) is 12.2 Å². The highest BCUT2D eigenvalue weighted by Crippen LogP contribution is 2.07. The lowest BCUT2D eigenvalue weighted by atomic mass is 10.1. The monoisotopic (exact) mass is 246 g/mol. The molecule has 0 bridgehead atoms. The zero-order chi connectivity index (χ0) is 13.0. The molecule has 0 saturated heterocycles. The molecule has 5 nitrogen and oxygen atoms in total. The van der Waals surface area contributed by atoms with Crippen molar-refractivity contribution in [3.8, 4) is 0 Å². The van der Waals surface area contributed by atoms with E-state index in [1.807, 2.05) is 0 Å². The molecular formula is C12H22O5. The van der Waals surface area contributed by atoms with Gasteiger partial charge in [0.2, 0.25) is 0 Å². The van der Waals surface area contributed by atoms with Gasteiger partial charge in [0.25, 0.3) is 0 Å². The van der Waals surface area contributed by atoms with E-state index in [-0.39, 0.29) is 13.2 Å². The maximum atomic E-state index is 9.68. The van der Waals surface area contributed by atoms with Gasteiger partial charge in [0.1, 0.15) is 5.60 Å². The minimum absolute atomic E-state index is 0.0187. The van der Waals surface area contributed by atoms with Crippen LogP contribution in [0.1, 0.15) is 0 Å². The fourth-order valence-corrected chi connectivity index (χ4v) is 0.941. The van der Waals surface area contributed by atoms with Gasteiger partial charge < -0.3 is 24.4 Å². The zero-order valence-electron chi connectivity index (χ0n) is 10.1. The molecule has 0 rings (SSSR count). The molecule has 17 heavy (non-hydrogen) atoms. The summed E-state index contributed by atoms with van der Waals surface area (Å²) < 4.78 is 15.4. The number of rotatable bonds is 12. The van der Waals surface area contributed by atoms with Crippen LogP contribution in [0.2, 0.25) is 0 Å². The molecule has 0 aromatic heterocycles. The molecule has 0 aliphatic rings. The summed E-state index contributed by atoms with van der Waals surface area (Å²) in [6, 6.07) is 0. The van der Waals surface area contributed by atoms with E-state index in [0.717, 1.165) is 0 Å². The average molecular weight is 246 g/mol. The van der Waals surface area contributed by atoms with Crippen molar-refractivity contribution in [2.45, 2.75) is 5.60 Å². The minimum atomic E-state index is -1.18. The molecule has 0 amide bonds. The second-order valence-electron chi connectivity index (χ2n) is 3.40. The lowest BCUT2D eigenvalue weighted by Crippen LogP contribution is -2.29. The molecule has 0 aliphatic carbocycles. The summed E-state index contributed by atoms with van der Waals surface area (Å²) in [4.78, 5) is 0. The highest BCUT2D eigenvalue weighted by molar-refractivity contribution is 5.08.